The average molecular weight is 1080 g/mol. The minimum atomic E-state index is -1.44. The summed E-state index contributed by atoms with van der Waals surface area (Å²) in [4.78, 5) is 37.0. The van der Waals surface area contributed by atoms with E-state index in [4.69, 9.17) is 66.1 Å². The number of alkyl halides is 1. The van der Waals surface area contributed by atoms with Crippen molar-refractivity contribution in [3.8, 4) is 44.7 Å². The molecule has 11 rings (SSSR count). The number of benzene rings is 3. The molecule has 1 aliphatic carbocycles. The van der Waals surface area contributed by atoms with Crippen LogP contribution in [0.15, 0.2) is 61.1 Å². The van der Waals surface area contributed by atoms with Crippen LogP contribution < -0.4 is 18.9 Å². The van der Waals surface area contributed by atoms with E-state index in [-0.39, 0.29) is 50.0 Å². The maximum absolute atomic E-state index is 15.9. The maximum Gasteiger partial charge on any atom is 0.296 e. The van der Waals surface area contributed by atoms with Gasteiger partial charge in [-0.25, -0.2) is 28.7 Å². The third-order valence-electron chi connectivity index (χ3n) is 14.2. The first kappa shape index (κ1) is 52.1. The molecule has 2 saturated heterocycles. The SMILES string of the molecule is Cc1c(Cl)c2c(Cl)c(C)c1-c1c(-c3ccc(F)cc3)sc3ncnc(c13)O[C@@H](OC=O)Cc1cc(ccc1OCc1ccnc(C3CCC(F)(COC[C@@H]4COCCO4)CC3)n1)OC[C@@H](CN1CCN(C)CC1)O2. The molecule has 1 saturated carbocycles. The molecule has 3 fully saturated rings. The van der Waals surface area contributed by atoms with Gasteiger partial charge in [0.15, 0.2) is 5.75 Å². The molecule has 0 unspecified atom stereocenters. The lowest BCUT2D eigenvalue weighted by molar-refractivity contribution is -0.147. The summed E-state index contributed by atoms with van der Waals surface area (Å²) in [5.41, 5.74) is 3.19. The van der Waals surface area contributed by atoms with Crippen LogP contribution in [-0.2, 0) is 36.8 Å². The van der Waals surface area contributed by atoms with Gasteiger partial charge in [0.2, 0.25) is 12.2 Å². The standard InChI is InChI=1S/C54H58Cl2F2N6O9S/c1-32-44-33(2)48(56)49(47(32)55)72-40(24-64-18-16-63(3)17-19-64)28-69-39-8-9-42(70-25-38-12-15-59-51(62-38)35-10-13-54(58,14-11-35)29-67-27-41-26-66-20-21-68-41)36(22-39)23-43(71-31-65)73-52-46-45(44)50(74-53(46)61-30-60-52)34-4-6-37(57)7-5-34/h4-9,12,15,22,30-31,35,40-41,43H,10-11,13-14,16-21,23-29H2,1-3H3/t35?,40-,41+,43-,54?/m1/s1. The van der Waals surface area contributed by atoms with Crippen LogP contribution >= 0.6 is 34.5 Å². The second-order valence-electron chi connectivity index (χ2n) is 19.4. The maximum atomic E-state index is 15.9. The number of halogens is 4. The molecule has 20 heteroatoms. The molecule has 74 heavy (non-hydrogen) atoms. The molecule has 0 amide bonds. The summed E-state index contributed by atoms with van der Waals surface area (Å²) in [6, 6.07) is 13.4. The number of fused-ring (bicyclic) bond motifs is 7. The van der Waals surface area contributed by atoms with Crippen molar-refractivity contribution in [1.82, 2.24) is 29.7 Å². The molecule has 392 valence electrons. The zero-order chi connectivity index (χ0) is 51.3. The van der Waals surface area contributed by atoms with E-state index in [9.17, 15) is 9.18 Å². The number of carbonyl (C=O) groups excluding carboxylic acids is 1. The zero-order valence-corrected chi connectivity index (χ0v) is 43.8. The zero-order valence-electron chi connectivity index (χ0n) is 41.5. The van der Waals surface area contributed by atoms with Crippen molar-refractivity contribution in [2.24, 2.45) is 0 Å². The molecular weight excluding hydrogens is 1020 g/mol. The van der Waals surface area contributed by atoms with Crippen molar-refractivity contribution in [2.75, 3.05) is 79.4 Å². The van der Waals surface area contributed by atoms with Crippen molar-refractivity contribution < 1.29 is 51.5 Å². The van der Waals surface area contributed by atoms with Gasteiger partial charge < -0.3 is 42.8 Å². The molecule has 5 aliphatic rings. The van der Waals surface area contributed by atoms with Crippen LogP contribution in [0, 0.1) is 19.7 Å². The second-order valence-corrected chi connectivity index (χ2v) is 21.1. The number of rotatable bonds is 13. The number of hydrogen-bond donors (Lipinski definition) is 0. The van der Waals surface area contributed by atoms with Gasteiger partial charge in [-0.2, -0.15) is 0 Å². The fourth-order valence-electron chi connectivity index (χ4n) is 10.1. The number of piperazine rings is 1. The third-order valence-corrected chi connectivity index (χ3v) is 16.2. The quantitative estimate of drug-likeness (QED) is 0.101. The number of aromatic nitrogens is 4. The van der Waals surface area contributed by atoms with E-state index in [0.29, 0.717) is 148 Å². The van der Waals surface area contributed by atoms with E-state index in [1.807, 2.05) is 19.9 Å². The number of ether oxygens (including phenoxy) is 8. The summed E-state index contributed by atoms with van der Waals surface area (Å²) in [6.07, 6.45) is 2.94. The van der Waals surface area contributed by atoms with Crippen LogP contribution in [0.25, 0.3) is 31.8 Å². The Morgan fingerprint density at radius 2 is 1.70 bits per heavy atom. The van der Waals surface area contributed by atoms with E-state index >= 15 is 4.39 Å². The van der Waals surface area contributed by atoms with E-state index in [0.717, 1.165) is 31.1 Å². The predicted octanol–water partition coefficient (Wildman–Crippen LogP) is 9.76. The molecule has 4 bridgehead atoms. The van der Waals surface area contributed by atoms with Gasteiger partial charge in [0, 0.05) is 60.8 Å². The Balaban J connectivity index is 0.966. The van der Waals surface area contributed by atoms with E-state index in [2.05, 4.69) is 31.8 Å². The van der Waals surface area contributed by atoms with Gasteiger partial charge in [-0.1, -0.05) is 35.3 Å². The first-order chi connectivity index (χ1) is 35.9. The third kappa shape index (κ3) is 11.9. The Kier molecular flexibility index (Phi) is 16.4. The van der Waals surface area contributed by atoms with Crippen molar-refractivity contribution in [2.45, 2.75) is 82.6 Å². The Morgan fingerprint density at radius 3 is 2.45 bits per heavy atom. The molecule has 4 aliphatic heterocycles. The molecule has 3 aromatic carbocycles. The fraction of sp³-hybridized carbons (Fsp3) is 0.463. The van der Waals surface area contributed by atoms with Crippen LogP contribution in [0.2, 0.25) is 10.0 Å². The highest BCUT2D eigenvalue weighted by molar-refractivity contribution is 7.22. The first-order valence-corrected chi connectivity index (χ1v) is 26.5. The van der Waals surface area contributed by atoms with Gasteiger partial charge in [-0.3, -0.25) is 9.69 Å². The lowest BCUT2D eigenvalue weighted by atomic mass is 9.80. The van der Waals surface area contributed by atoms with Gasteiger partial charge in [0.1, 0.15) is 65.4 Å². The van der Waals surface area contributed by atoms with Gasteiger partial charge in [0.25, 0.3) is 6.47 Å². The Hall–Kier alpha value is -5.31. The van der Waals surface area contributed by atoms with Crippen LogP contribution in [0.1, 0.15) is 59.8 Å². The predicted molar refractivity (Wildman–Crippen MR) is 276 cm³/mol. The van der Waals surface area contributed by atoms with Crippen LogP contribution in [0.5, 0.6) is 23.1 Å². The van der Waals surface area contributed by atoms with E-state index in [1.54, 1.807) is 36.5 Å². The number of thiophene rings is 1. The summed E-state index contributed by atoms with van der Waals surface area (Å²) >= 11 is 16.1. The molecule has 0 spiro atoms. The Morgan fingerprint density at radius 1 is 0.919 bits per heavy atom. The molecule has 6 aromatic rings. The molecule has 15 nitrogen and oxygen atoms in total. The molecule has 3 atom stereocenters. The van der Waals surface area contributed by atoms with Crippen molar-refractivity contribution in [3.05, 3.63) is 105 Å². The topological polar surface area (TPSA) is 149 Å². The van der Waals surface area contributed by atoms with Crippen LogP contribution in [-0.4, -0.2) is 140 Å². The fourth-order valence-corrected chi connectivity index (χ4v) is 11.7. The monoisotopic (exact) mass is 1070 g/mol. The first-order valence-electron chi connectivity index (χ1n) is 24.9. The van der Waals surface area contributed by atoms with Crippen molar-refractivity contribution in [3.63, 3.8) is 0 Å². The van der Waals surface area contributed by atoms with Crippen molar-refractivity contribution in [1.29, 1.82) is 0 Å². The van der Waals surface area contributed by atoms with E-state index < -0.39 is 18.1 Å². The summed E-state index contributed by atoms with van der Waals surface area (Å²) in [6.45, 7) is 10.1. The number of nitrogens with zero attached hydrogens (tertiary/aromatic N) is 6. The highest BCUT2D eigenvalue weighted by Crippen LogP contribution is 2.53. The smallest absolute Gasteiger partial charge is 0.296 e. The summed E-state index contributed by atoms with van der Waals surface area (Å²) in [7, 11) is 2.11. The summed E-state index contributed by atoms with van der Waals surface area (Å²) in [5, 5.41) is 1.14. The highest BCUT2D eigenvalue weighted by Gasteiger charge is 2.38. The van der Waals surface area contributed by atoms with Gasteiger partial charge >= 0.3 is 0 Å². The highest BCUT2D eigenvalue weighted by atomic mass is 35.5. The second kappa shape index (κ2) is 23.3. The molecule has 0 radical (unpaired) electrons. The molecule has 3 aromatic heterocycles. The largest absolute Gasteiger partial charge is 0.490 e. The molecule has 0 N–H and O–H groups in total. The average Bonchev–Trinajstić information content (AvgIpc) is 3.79. The number of hydrogen-bond acceptors (Lipinski definition) is 16. The summed E-state index contributed by atoms with van der Waals surface area (Å²) in [5.74, 6) is 1.61. The van der Waals surface area contributed by atoms with Gasteiger partial charge in [0.05, 0.1) is 60.6 Å². The van der Waals surface area contributed by atoms with Crippen molar-refractivity contribution >= 4 is 51.2 Å². The van der Waals surface area contributed by atoms with Crippen LogP contribution in [0.3, 0.4) is 0 Å². The Labute approximate surface area is 442 Å². The van der Waals surface area contributed by atoms with Crippen LogP contribution in [0.4, 0.5) is 8.78 Å². The molecular formula is C54H58Cl2F2N6O9S. The lowest BCUT2D eigenvalue weighted by Crippen LogP contribution is -2.49. The van der Waals surface area contributed by atoms with E-state index in [1.165, 1.54) is 29.8 Å². The minimum Gasteiger partial charge on any atom is -0.490 e. The number of likely N-dealkylation sites (N-methyl/N-ethyl adjacent to an activating group) is 1. The minimum absolute atomic E-state index is 0.000447. The summed E-state index contributed by atoms with van der Waals surface area (Å²) < 4.78 is 79.5. The molecule has 7 heterocycles. The van der Waals surface area contributed by atoms with Gasteiger partial charge in [-0.15, -0.1) is 11.3 Å². The Bertz CT molecular complexity index is 2910. The number of carbonyl (C=O) groups is 1. The normalized spacial score (nSPS) is 22.9. The van der Waals surface area contributed by atoms with Gasteiger partial charge in [-0.05, 0) is 105 Å². The lowest BCUT2D eigenvalue weighted by Gasteiger charge is -2.35.